The highest BCUT2D eigenvalue weighted by Crippen LogP contribution is 2.31. The van der Waals surface area contributed by atoms with Gasteiger partial charge in [0, 0.05) is 12.8 Å². The Bertz CT molecular complexity index is 934. The number of aliphatic carboxylic acids is 1. The van der Waals surface area contributed by atoms with Crippen molar-refractivity contribution in [1.82, 2.24) is 0 Å². The largest absolute Gasteiger partial charge is 0.513 e. The van der Waals surface area contributed by atoms with Gasteiger partial charge in [0.1, 0.15) is 11.6 Å². The number of hydrogen-bond donors (Lipinski definition) is 2. The standard InChI is InChI=1S/C27H41NO10/c1-6-9-13-34-25(32)37-21-12-11-20(15-22(21)38-26(33)35-14-10-7-2)17-27(28,24(30)31)16-19(5)36-23(29)18(4)8-3/h11-12,15,18-19H,6-10,13-14,16-17,28H2,1-5H3,(H,30,31)/t18?,19-,27+/m0/s1. The SMILES string of the molecule is CCCCOC(=O)Oc1ccc(C[C@](N)(C[C@H](C)OC(=O)C(C)CC)C(=O)O)cc1OC(=O)OCCCC. The number of carboxylic acids is 1. The number of carboxylic acid groups (broad SMARTS) is 1. The quantitative estimate of drug-likeness (QED) is 0.126. The summed E-state index contributed by atoms with van der Waals surface area (Å²) in [5, 5.41) is 9.89. The van der Waals surface area contributed by atoms with Gasteiger partial charge in [0.15, 0.2) is 11.5 Å². The van der Waals surface area contributed by atoms with Gasteiger partial charge in [-0.3, -0.25) is 9.59 Å². The highest BCUT2D eigenvalue weighted by Gasteiger charge is 2.37. The van der Waals surface area contributed by atoms with Gasteiger partial charge in [-0.15, -0.1) is 0 Å². The summed E-state index contributed by atoms with van der Waals surface area (Å²) in [4.78, 5) is 48.5. The molecule has 0 radical (unpaired) electrons. The van der Waals surface area contributed by atoms with Crippen LogP contribution >= 0.6 is 0 Å². The number of hydrogen-bond acceptors (Lipinski definition) is 10. The number of esters is 1. The van der Waals surface area contributed by atoms with Crippen LogP contribution in [0.4, 0.5) is 9.59 Å². The van der Waals surface area contributed by atoms with E-state index in [9.17, 15) is 24.3 Å². The zero-order valence-electron chi connectivity index (χ0n) is 22.9. The monoisotopic (exact) mass is 539 g/mol. The van der Waals surface area contributed by atoms with Crippen molar-refractivity contribution in [2.45, 2.75) is 91.2 Å². The molecule has 0 spiro atoms. The van der Waals surface area contributed by atoms with Crippen LogP contribution in [0.25, 0.3) is 0 Å². The summed E-state index contributed by atoms with van der Waals surface area (Å²) in [7, 11) is 0. The molecule has 0 aliphatic rings. The molecule has 0 saturated carbocycles. The number of benzene rings is 1. The molecule has 214 valence electrons. The van der Waals surface area contributed by atoms with E-state index in [2.05, 4.69) is 0 Å². The van der Waals surface area contributed by atoms with Gasteiger partial charge in [0.05, 0.1) is 19.1 Å². The van der Waals surface area contributed by atoms with Crippen molar-refractivity contribution in [3.05, 3.63) is 23.8 Å². The molecule has 11 heteroatoms. The van der Waals surface area contributed by atoms with Gasteiger partial charge in [-0.25, -0.2) is 9.59 Å². The third-order valence-electron chi connectivity index (χ3n) is 5.76. The first-order chi connectivity index (χ1) is 17.9. The zero-order valence-corrected chi connectivity index (χ0v) is 22.9. The zero-order chi connectivity index (χ0) is 28.7. The van der Waals surface area contributed by atoms with E-state index >= 15 is 0 Å². The molecule has 0 fully saturated rings. The Morgan fingerprint density at radius 1 is 0.921 bits per heavy atom. The summed E-state index contributed by atoms with van der Waals surface area (Å²) in [6.45, 7) is 9.32. The summed E-state index contributed by atoms with van der Waals surface area (Å²) in [5.74, 6) is -2.34. The maximum absolute atomic E-state index is 12.2. The van der Waals surface area contributed by atoms with Crippen molar-refractivity contribution in [2.75, 3.05) is 13.2 Å². The van der Waals surface area contributed by atoms with Crippen molar-refractivity contribution in [3.8, 4) is 11.5 Å². The average Bonchev–Trinajstić information content (AvgIpc) is 2.85. The molecule has 0 heterocycles. The summed E-state index contributed by atoms with van der Waals surface area (Å²) in [6, 6.07) is 4.18. The predicted octanol–water partition coefficient (Wildman–Crippen LogP) is 5.01. The Morgan fingerprint density at radius 2 is 1.47 bits per heavy atom. The Kier molecular flexibility index (Phi) is 14.2. The lowest BCUT2D eigenvalue weighted by Gasteiger charge is -2.28. The fraction of sp³-hybridized carbons (Fsp3) is 0.630. The van der Waals surface area contributed by atoms with E-state index in [-0.39, 0.29) is 43.5 Å². The summed E-state index contributed by atoms with van der Waals surface area (Å²) in [5.41, 5.74) is 4.81. The van der Waals surface area contributed by atoms with Gasteiger partial charge in [-0.2, -0.15) is 0 Å². The minimum absolute atomic E-state index is 0.114. The van der Waals surface area contributed by atoms with E-state index in [1.807, 2.05) is 20.8 Å². The van der Waals surface area contributed by atoms with Gasteiger partial charge in [-0.1, -0.05) is 46.6 Å². The second-order valence-corrected chi connectivity index (χ2v) is 9.29. The van der Waals surface area contributed by atoms with Crippen LogP contribution in [0.3, 0.4) is 0 Å². The molecule has 1 unspecified atom stereocenters. The van der Waals surface area contributed by atoms with E-state index < -0.39 is 35.9 Å². The number of nitrogens with two attached hydrogens (primary N) is 1. The summed E-state index contributed by atoms with van der Waals surface area (Å²) in [6.07, 6.45) is 0.381. The molecule has 0 bridgehead atoms. The van der Waals surface area contributed by atoms with E-state index in [0.29, 0.717) is 24.8 Å². The van der Waals surface area contributed by atoms with Crippen LogP contribution in [-0.2, 0) is 30.2 Å². The molecule has 3 N–H and O–H groups in total. The number of carbonyl (C=O) groups excluding carboxylic acids is 3. The molecular formula is C27H41NO10. The second kappa shape index (κ2) is 16.5. The number of unbranched alkanes of at least 4 members (excludes halogenated alkanes) is 2. The van der Waals surface area contributed by atoms with Crippen LogP contribution in [0.2, 0.25) is 0 Å². The van der Waals surface area contributed by atoms with E-state index in [1.54, 1.807) is 13.8 Å². The highest BCUT2D eigenvalue weighted by atomic mass is 16.7. The highest BCUT2D eigenvalue weighted by molar-refractivity contribution is 5.79. The fourth-order valence-corrected chi connectivity index (χ4v) is 3.30. The van der Waals surface area contributed by atoms with Crippen LogP contribution in [0.1, 0.15) is 78.7 Å². The lowest BCUT2D eigenvalue weighted by Crippen LogP contribution is -2.52. The first-order valence-electron chi connectivity index (χ1n) is 13.0. The minimum Gasteiger partial charge on any atom is -0.480 e. The topological polar surface area (TPSA) is 161 Å². The molecule has 0 amide bonds. The number of rotatable bonds is 16. The maximum atomic E-state index is 12.2. The molecule has 1 rings (SSSR count). The van der Waals surface area contributed by atoms with Crippen LogP contribution in [0.5, 0.6) is 11.5 Å². The Hall–Kier alpha value is -3.34. The lowest BCUT2D eigenvalue weighted by molar-refractivity contribution is -0.156. The van der Waals surface area contributed by atoms with Crippen LogP contribution in [0.15, 0.2) is 18.2 Å². The smallest absolute Gasteiger partial charge is 0.480 e. The normalized spacial score (nSPS) is 13.9. The van der Waals surface area contributed by atoms with Gasteiger partial charge in [0.2, 0.25) is 0 Å². The first kappa shape index (κ1) is 32.7. The van der Waals surface area contributed by atoms with Gasteiger partial charge in [0.25, 0.3) is 0 Å². The second-order valence-electron chi connectivity index (χ2n) is 9.29. The van der Waals surface area contributed by atoms with Gasteiger partial charge < -0.3 is 34.5 Å². The number of ether oxygens (including phenoxy) is 5. The molecule has 0 aromatic heterocycles. The Morgan fingerprint density at radius 3 is 1.97 bits per heavy atom. The molecule has 0 aliphatic heterocycles. The van der Waals surface area contributed by atoms with Crippen molar-refractivity contribution in [3.63, 3.8) is 0 Å². The Labute approximate surface area is 223 Å². The first-order valence-corrected chi connectivity index (χ1v) is 13.0. The molecule has 3 atom stereocenters. The van der Waals surface area contributed by atoms with Crippen molar-refractivity contribution in [2.24, 2.45) is 11.7 Å². The van der Waals surface area contributed by atoms with Crippen molar-refractivity contribution >= 4 is 24.2 Å². The van der Waals surface area contributed by atoms with E-state index in [4.69, 9.17) is 29.4 Å². The van der Waals surface area contributed by atoms with Crippen LogP contribution in [-0.4, -0.2) is 54.2 Å². The van der Waals surface area contributed by atoms with Gasteiger partial charge >= 0.3 is 24.2 Å². The molecule has 1 aromatic rings. The molecular weight excluding hydrogens is 498 g/mol. The molecule has 0 aliphatic carbocycles. The molecule has 1 aromatic carbocycles. The summed E-state index contributed by atoms with van der Waals surface area (Å²) >= 11 is 0. The fourth-order valence-electron chi connectivity index (χ4n) is 3.30. The van der Waals surface area contributed by atoms with Crippen LogP contribution < -0.4 is 15.2 Å². The number of carbonyl (C=O) groups is 4. The van der Waals surface area contributed by atoms with Crippen molar-refractivity contribution < 1.29 is 48.0 Å². The van der Waals surface area contributed by atoms with Gasteiger partial charge in [-0.05, 0) is 43.9 Å². The molecule has 38 heavy (non-hydrogen) atoms. The molecule has 11 nitrogen and oxygen atoms in total. The minimum atomic E-state index is -1.81. The maximum Gasteiger partial charge on any atom is 0.513 e. The third kappa shape index (κ3) is 11.4. The van der Waals surface area contributed by atoms with Crippen molar-refractivity contribution in [1.29, 1.82) is 0 Å². The Balaban J connectivity index is 3.13. The van der Waals surface area contributed by atoms with E-state index in [1.165, 1.54) is 18.2 Å². The lowest BCUT2D eigenvalue weighted by atomic mass is 9.86. The third-order valence-corrected chi connectivity index (χ3v) is 5.76. The molecule has 0 saturated heterocycles. The van der Waals surface area contributed by atoms with E-state index in [0.717, 1.165) is 12.8 Å². The average molecular weight is 540 g/mol. The van der Waals surface area contributed by atoms with Crippen LogP contribution in [0, 0.1) is 5.92 Å². The predicted molar refractivity (Wildman–Crippen MR) is 138 cm³/mol. The summed E-state index contributed by atoms with van der Waals surface area (Å²) < 4.78 is 25.8.